The standard InChI is InChI=1S/C24H21N3O4/c1-15-11-12-20-19(13-15)23(17-7-4-3-5-8-17)26(14-22(28)25-20)24(29)18-9-6-10-21(16(18)2)27(30)31/h3-13,23H,14H2,1-2H3,(H,25,28)/t23-/m0/s1. The normalized spacial score (nSPS) is 15.6. The molecule has 31 heavy (non-hydrogen) atoms. The van der Waals surface area contributed by atoms with Gasteiger partial charge < -0.3 is 10.2 Å². The zero-order valence-electron chi connectivity index (χ0n) is 17.2. The fraction of sp³-hybridized carbons (Fsp3) is 0.167. The molecule has 0 radical (unpaired) electrons. The average molecular weight is 415 g/mol. The number of rotatable bonds is 3. The summed E-state index contributed by atoms with van der Waals surface area (Å²) in [4.78, 5) is 38.8. The van der Waals surface area contributed by atoms with Crippen LogP contribution in [0.3, 0.4) is 0 Å². The minimum Gasteiger partial charge on any atom is -0.324 e. The fourth-order valence-electron chi connectivity index (χ4n) is 4.02. The third-order valence-corrected chi connectivity index (χ3v) is 5.51. The number of carbonyl (C=O) groups is 2. The van der Waals surface area contributed by atoms with Gasteiger partial charge in [-0.25, -0.2) is 0 Å². The molecule has 0 spiro atoms. The van der Waals surface area contributed by atoms with Gasteiger partial charge in [0.1, 0.15) is 6.54 Å². The first kappa shape index (κ1) is 20.3. The van der Waals surface area contributed by atoms with Gasteiger partial charge in [0.25, 0.3) is 11.6 Å². The van der Waals surface area contributed by atoms with Crippen LogP contribution in [0.2, 0.25) is 0 Å². The second kappa shape index (κ2) is 8.02. The second-order valence-electron chi connectivity index (χ2n) is 7.59. The van der Waals surface area contributed by atoms with Crippen LogP contribution < -0.4 is 5.32 Å². The third-order valence-electron chi connectivity index (χ3n) is 5.51. The molecule has 7 nitrogen and oxygen atoms in total. The summed E-state index contributed by atoms with van der Waals surface area (Å²) < 4.78 is 0. The minimum absolute atomic E-state index is 0.127. The van der Waals surface area contributed by atoms with Crippen LogP contribution in [-0.2, 0) is 4.79 Å². The molecule has 4 rings (SSSR count). The van der Waals surface area contributed by atoms with Crippen molar-refractivity contribution in [3.8, 4) is 0 Å². The molecule has 0 unspecified atom stereocenters. The number of anilines is 1. The number of nitrogens with zero attached hydrogens (tertiary/aromatic N) is 2. The average Bonchev–Trinajstić information content (AvgIpc) is 2.89. The van der Waals surface area contributed by atoms with Crippen LogP contribution in [0.5, 0.6) is 0 Å². The van der Waals surface area contributed by atoms with E-state index < -0.39 is 16.9 Å². The first-order valence-electron chi connectivity index (χ1n) is 9.87. The molecular formula is C24H21N3O4. The van der Waals surface area contributed by atoms with E-state index in [1.54, 1.807) is 13.0 Å². The molecule has 1 aliphatic heterocycles. The zero-order chi connectivity index (χ0) is 22.1. The molecule has 3 aromatic carbocycles. The minimum atomic E-state index is -0.527. The number of amides is 2. The van der Waals surface area contributed by atoms with Crippen molar-refractivity contribution in [3.63, 3.8) is 0 Å². The lowest BCUT2D eigenvalue weighted by Gasteiger charge is -2.31. The maximum Gasteiger partial charge on any atom is 0.273 e. The van der Waals surface area contributed by atoms with Gasteiger partial charge in [0.05, 0.1) is 11.0 Å². The smallest absolute Gasteiger partial charge is 0.273 e. The molecule has 1 atom stereocenters. The Balaban J connectivity index is 1.91. The monoisotopic (exact) mass is 415 g/mol. The Morgan fingerprint density at radius 2 is 1.81 bits per heavy atom. The molecule has 0 bridgehead atoms. The van der Waals surface area contributed by atoms with Crippen molar-refractivity contribution in [3.05, 3.63) is 105 Å². The summed E-state index contributed by atoms with van der Waals surface area (Å²) in [7, 11) is 0. The lowest BCUT2D eigenvalue weighted by molar-refractivity contribution is -0.385. The molecule has 156 valence electrons. The number of benzene rings is 3. The second-order valence-corrected chi connectivity index (χ2v) is 7.59. The highest BCUT2D eigenvalue weighted by atomic mass is 16.6. The molecule has 0 saturated carbocycles. The highest BCUT2D eigenvalue weighted by molar-refractivity contribution is 6.02. The highest BCUT2D eigenvalue weighted by Gasteiger charge is 2.35. The van der Waals surface area contributed by atoms with Gasteiger partial charge >= 0.3 is 0 Å². The van der Waals surface area contributed by atoms with Crippen molar-refractivity contribution in [1.29, 1.82) is 0 Å². The predicted octanol–water partition coefficient (Wildman–Crippen LogP) is 4.40. The van der Waals surface area contributed by atoms with Gasteiger partial charge in [0.2, 0.25) is 5.91 Å². The molecule has 1 heterocycles. The van der Waals surface area contributed by atoms with E-state index in [0.717, 1.165) is 16.7 Å². The highest BCUT2D eigenvalue weighted by Crippen LogP contribution is 2.37. The first-order chi connectivity index (χ1) is 14.9. The van der Waals surface area contributed by atoms with Crippen LogP contribution in [0.25, 0.3) is 0 Å². The Morgan fingerprint density at radius 1 is 1.06 bits per heavy atom. The molecule has 1 aliphatic rings. The van der Waals surface area contributed by atoms with E-state index in [4.69, 9.17) is 0 Å². The largest absolute Gasteiger partial charge is 0.324 e. The van der Waals surface area contributed by atoms with Crippen LogP contribution in [0, 0.1) is 24.0 Å². The Kier molecular flexibility index (Phi) is 5.25. The van der Waals surface area contributed by atoms with Crippen LogP contribution in [0.4, 0.5) is 11.4 Å². The van der Waals surface area contributed by atoms with E-state index in [1.165, 1.54) is 17.0 Å². The van der Waals surface area contributed by atoms with Crippen LogP contribution in [-0.4, -0.2) is 28.2 Å². The van der Waals surface area contributed by atoms with Gasteiger partial charge in [0.15, 0.2) is 0 Å². The molecule has 1 N–H and O–H groups in total. The Bertz CT molecular complexity index is 1190. The molecule has 0 fully saturated rings. The summed E-state index contributed by atoms with van der Waals surface area (Å²) in [6.45, 7) is 3.33. The van der Waals surface area contributed by atoms with Crippen LogP contribution in [0.1, 0.15) is 38.7 Å². The number of hydrogen-bond donors (Lipinski definition) is 1. The summed E-state index contributed by atoms with van der Waals surface area (Å²) in [5, 5.41) is 14.3. The van der Waals surface area contributed by atoms with Gasteiger partial charge in [-0.15, -0.1) is 0 Å². The molecule has 0 aromatic heterocycles. The molecule has 0 saturated heterocycles. The Hall–Kier alpha value is -4.00. The molecule has 0 aliphatic carbocycles. The summed E-state index contributed by atoms with van der Waals surface area (Å²) >= 11 is 0. The summed E-state index contributed by atoms with van der Waals surface area (Å²) in [5.41, 5.74) is 3.65. The van der Waals surface area contributed by atoms with Crippen molar-refractivity contribution in [2.24, 2.45) is 0 Å². The van der Waals surface area contributed by atoms with E-state index in [9.17, 15) is 19.7 Å². The molecule has 7 heteroatoms. The predicted molar refractivity (Wildman–Crippen MR) is 117 cm³/mol. The number of hydrogen-bond acceptors (Lipinski definition) is 4. The number of nitro groups is 1. The van der Waals surface area contributed by atoms with Crippen molar-refractivity contribution in [2.75, 3.05) is 11.9 Å². The SMILES string of the molecule is Cc1ccc2c(c1)[C@H](c1ccccc1)N(C(=O)c1cccc([N+](=O)[O-])c1C)CC(=O)N2. The van der Waals surface area contributed by atoms with Gasteiger partial charge in [-0.05, 0) is 31.5 Å². The van der Waals surface area contributed by atoms with Crippen molar-refractivity contribution >= 4 is 23.2 Å². The van der Waals surface area contributed by atoms with Gasteiger partial charge in [-0.1, -0.05) is 54.1 Å². The number of carbonyl (C=O) groups excluding carboxylic acids is 2. The van der Waals surface area contributed by atoms with E-state index in [-0.39, 0.29) is 29.3 Å². The van der Waals surface area contributed by atoms with Crippen LogP contribution in [0.15, 0.2) is 66.7 Å². The van der Waals surface area contributed by atoms with Crippen LogP contribution >= 0.6 is 0 Å². The lowest BCUT2D eigenvalue weighted by Crippen LogP contribution is -2.39. The van der Waals surface area contributed by atoms with Crippen molar-refractivity contribution < 1.29 is 14.5 Å². The molecular weight excluding hydrogens is 394 g/mol. The van der Waals surface area contributed by atoms with Gasteiger partial charge in [0, 0.05) is 28.4 Å². The maximum atomic E-state index is 13.7. The van der Waals surface area contributed by atoms with Gasteiger partial charge in [-0.3, -0.25) is 19.7 Å². The fourth-order valence-corrected chi connectivity index (χ4v) is 4.02. The van der Waals surface area contributed by atoms with E-state index in [0.29, 0.717) is 5.69 Å². The summed E-state index contributed by atoms with van der Waals surface area (Å²) in [6, 6.07) is 19.1. The number of nitro benzene ring substituents is 1. The van der Waals surface area contributed by atoms with E-state index in [1.807, 2.05) is 55.5 Å². The van der Waals surface area contributed by atoms with E-state index >= 15 is 0 Å². The zero-order valence-corrected chi connectivity index (χ0v) is 17.2. The first-order valence-corrected chi connectivity index (χ1v) is 9.87. The van der Waals surface area contributed by atoms with Gasteiger partial charge in [-0.2, -0.15) is 0 Å². The number of fused-ring (bicyclic) bond motifs is 1. The lowest BCUT2D eigenvalue weighted by atomic mass is 9.93. The number of aryl methyl sites for hydroxylation is 1. The van der Waals surface area contributed by atoms with Crippen molar-refractivity contribution in [1.82, 2.24) is 4.90 Å². The summed E-state index contributed by atoms with van der Waals surface area (Å²) in [6.07, 6.45) is 0. The molecule has 3 aromatic rings. The maximum absolute atomic E-state index is 13.7. The topological polar surface area (TPSA) is 92.6 Å². The third kappa shape index (κ3) is 3.77. The van der Waals surface area contributed by atoms with Crippen molar-refractivity contribution in [2.45, 2.75) is 19.9 Å². The quantitative estimate of drug-likeness (QED) is 0.507. The Labute approximate surface area is 179 Å². The summed E-state index contributed by atoms with van der Waals surface area (Å²) in [5.74, 6) is -0.750. The number of nitrogens with one attached hydrogen (secondary N) is 1. The Morgan fingerprint density at radius 3 is 2.52 bits per heavy atom. The van der Waals surface area contributed by atoms with E-state index in [2.05, 4.69) is 5.32 Å². The molecule has 2 amide bonds.